The Labute approximate surface area is 138 Å². The van der Waals surface area contributed by atoms with Gasteiger partial charge < -0.3 is 10.6 Å². The van der Waals surface area contributed by atoms with Crippen LogP contribution in [-0.2, 0) is 11.2 Å². The zero-order valence-corrected chi connectivity index (χ0v) is 14.7. The number of carbonyl (C=O) groups excluding carboxylic acids is 1. The molecule has 0 radical (unpaired) electrons. The van der Waals surface area contributed by atoms with Crippen molar-refractivity contribution in [3.63, 3.8) is 0 Å². The van der Waals surface area contributed by atoms with Gasteiger partial charge >= 0.3 is 0 Å². The second kappa shape index (κ2) is 8.24. The minimum Gasteiger partial charge on any atom is -0.345 e. The van der Waals surface area contributed by atoms with Crippen LogP contribution in [0.1, 0.15) is 25.8 Å². The number of amides is 1. The van der Waals surface area contributed by atoms with Crippen LogP contribution >= 0.6 is 15.9 Å². The van der Waals surface area contributed by atoms with Crippen molar-refractivity contribution in [3.8, 4) is 0 Å². The van der Waals surface area contributed by atoms with Gasteiger partial charge in [-0.3, -0.25) is 14.9 Å². The maximum atomic E-state index is 12.2. The Morgan fingerprint density at radius 2 is 2.09 bits per heavy atom. The van der Waals surface area contributed by atoms with E-state index in [1.165, 1.54) is 12.1 Å². The average Bonchev–Trinajstić information content (AvgIpc) is 2.45. The number of nitro benzene ring substituents is 1. The zero-order chi connectivity index (χ0) is 16.9. The molecule has 0 saturated heterocycles. The second-order valence-corrected chi connectivity index (χ2v) is 6.58. The summed E-state index contributed by atoms with van der Waals surface area (Å²) in [6, 6.07) is 4.49. The van der Waals surface area contributed by atoms with Crippen molar-refractivity contribution in [2.24, 2.45) is 11.7 Å². The first-order chi connectivity index (χ1) is 10.2. The predicted octanol–water partition coefficient (Wildman–Crippen LogP) is 2.73. The molecule has 0 heterocycles. The molecule has 0 aliphatic rings. The van der Waals surface area contributed by atoms with E-state index in [1.807, 2.05) is 0 Å². The van der Waals surface area contributed by atoms with E-state index < -0.39 is 4.92 Å². The van der Waals surface area contributed by atoms with Crippen LogP contribution in [0.15, 0.2) is 22.7 Å². The molecule has 1 aromatic rings. The largest absolute Gasteiger partial charge is 0.345 e. The third-order valence-corrected chi connectivity index (χ3v) is 4.41. The molecule has 0 fully saturated rings. The number of nitro groups is 1. The Balaban J connectivity index is 2.62. The first-order valence-corrected chi connectivity index (χ1v) is 7.94. The van der Waals surface area contributed by atoms with Crippen molar-refractivity contribution in [2.75, 3.05) is 13.6 Å². The molecule has 0 aromatic heterocycles. The normalized spacial score (nSPS) is 12.3. The van der Waals surface area contributed by atoms with Crippen molar-refractivity contribution in [2.45, 2.75) is 32.7 Å². The van der Waals surface area contributed by atoms with E-state index in [0.717, 1.165) is 12.0 Å². The monoisotopic (exact) mass is 371 g/mol. The van der Waals surface area contributed by atoms with Gasteiger partial charge in [-0.2, -0.15) is 0 Å². The van der Waals surface area contributed by atoms with Gasteiger partial charge in [0.25, 0.3) is 5.69 Å². The van der Waals surface area contributed by atoms with Crippen LogP contribution in [0.5, 0.6) is 0 Å². The molecule has 0 bridgehead atoms. The Morgan fingerprint density at radius 1 is 1.45 bits per heavy atom. The third kappa shape index (κ3) is 5.38. The summed E-state index contributed by atoms with van der Waals surface area (Å²) in [6.07, 6.45) is 0.952. The molecule has 122 valence electrons. The van der Waals surface area contributed by atoms with E-state index in [9.17, 15) is 14.9 Å². The highest BCUT2D eigenvalue weighted by Crippen LogP contribution is 2.23. The first-order valence-electron chi connectivity index (χ1n) is 7.14. The van der Waals surface area contributed by atoms with Gasteiger partial charge in [-0.25, -0.2) is 0 Å². The molecule has 1 aromatic carbocycles. The molecule has 1 unspecified atom stereocenters. The second-order valence-electron chi connectivity index (χ2n) is 5.72. The van der Waals surface area contributed by atoms with E-state index in [2.05, 4.69) is 29.8 Å². The topological polar surface area (TPSA) is 89.5 Å². The molecule has 0 aliphatic carbocycles. The van der Waals surface area contributed by atoms with Crippen molar-refractivity contribution in [1.82, 2.24) is 4.90 Å². The van der Waals surface area contributed by atoms with Crippen LogP contribution in [0.4, 0.5) is 5.69 Å². The molecule has 22 heavy (non-hydrogen) atoms. The lowest BCUT2D eigenvalue weighted by molar-refractivity contribution is -0.384. The number of likely N-dealkylation sites (N-methyl/N-ethyl adjacent to an activating group) is 1. The number of hydrogen-bond donors (Lipinski definition) is 1. The smallest absolute Gasteiger partial charge is 0.270 e. The van der Waals surface area contributed by atoms with E-state index in [-0.39, 0.29) is 24.1 Å². The minimum absolute atomic E-state index is 0.000615. The van der Waals surface area contributed by atoms with Crippen LogP contribution in [0.25, 0.3) is 0 Å². The summed E-state index contributed by atoms with van der Waals surface area (Å²) in [7, 11) is 1.74. The highest BCUT2D eigenvalue weighted by atomic mass is 79.9. The zero-order valence-electron chi connectivity index (χ0n) is 13.1. The standard InChI is InChI=1S/C15H22BrN3O3/c1-10(2)14(17)6-7-18(3)15(20)8-11-4-5-12(19(21)22)9-13(11)16/h4-5,9-10,14H,6-8,17H2,1-3H3. The molecule has 0 saturated carbocycles. The SMILES string of the molecule is CC(C)C(N)CCN(C)C(=O)Cc1ccc([N+](=O)[O-])cc1Br. The summed E-state index contributed by atoms with van der Waals surface area (Å²) < 4.78 is 0.572. The molecule has 7 heteroatoms. The molecule has 0 spiro atoms. The van der Waals surface area contributed by atoms with Gasteiger partial charge in [0.1, 0.15) is 0 Å². The lowest BCUT2D eigenvalue weighted by Crippen LogP contribution is -2.35. The molecule has 0 aliphatic heterocycles. The third-order valence-electron chi connectivity index (χ3n) is 3.67. The Kier molecular flexibility index (Phi) is 6.96. The van der Waals surface area contributed by atoms with Gasteiger partial charge in [0.2, 0.25) is 5.91 Å². The number of carbonyl (C=O) groups is 1. The average molecular weight is 372 g/mol. The van der Waals surface area contributed by atoms with Crippen molar-refractivity contribution in [3.05, 3.63) is 38.3 Å². The number of hydrogen-bond acceptors (Lipinski definition) is 4. The van der Waals surface area contributed by atoms with Crippen LogP contribution < -0.4 is 5.73 Å². The summed E-state index contributed by atoms with van der Waals surface area (Å²) >= 11 is 3.28. The lowest BCUT2D eigenvalue weighted by Gasteiger charge is -2.21. The summed E-state index contributed by atoms with van der Waals surface area (Å²) in [4.78, 5) is 24.1. The maximum absolute atomic E-state index is 12.2. The summed E-state index contributed by atoms with van der Waals surface area (Å²) in [6.45, 7) is 4.71. The molecular weight excluding hydrogens is 350 g/mol. The van der Waals surface area contributed by atoms with Gasteiger partial charge in [0, 0.05) is 36.2 Å². The van der Waals surface area contributed by atoms with Crippen molar-refractivity contribution >= 4 is 27.5 Å². The van der Waals surface area contributed by atoms with Crippen LogP contribution in [0, 0.1) is 16.0 Å². The number of rotatable bonds is 7. The Bertz CT molecular complexity index is 549. The highest BCUT2D eigenvalue weighted by Gasteiger charge is 2.16. The van der Waals surface area contributed by atoms with Gasteiger partial charge in [-0.05, 0) is 17.9 Å². The van der Waals surface area contributed by atoms with Crippen molar-refractivity contribution < 1.29 is 9.72 Å². The molecule has 2 N–H and O–H groups in total. The van der Waals surface area contributed by atoms with E-state index in [0.29, 0.717) is 16.9 Å². The number of nitrogens with zero attached hydrogens (tertiary/aromatic N) is 2. The molecule has 1 rings (SSSR count). The van der Waals surface area contributed by atoms with Gasteiger partial charge in [-0.1, -0.05) is 35.8 Å². The highest BCUT2D eigenvalue weighted by molar-refractivity contribution is 9.10. The van der Waals surface area contributed by atoms with E-state index in [4.69, 9.17) is 5.73 Å². The summed E-state index contributed by atoms with van der Waals surface area (Å²) in [5.74, 6) is 0.345. The maximum Gasteiger partial charge on any atom is 0.270 e. The minimum atomic E-state index is -0.463. The Morgan fingerprint density at radius 3 is 2.59 bits per heavy atom. The number of halogens is 1. The van der Waals surface area contributed by atoms with E-state index >= 15 is 0 Å². The quantitative estimate of drug-likeness (QED) is 0.589. The van der Waals surface area contributed by atoms with E-state index in [1.54, 1.807) is 18.0 Å². The summed E-state index contributed by atoms with van der Waals surface area (Å²) in [5, 5.41) is 10.7. The predicted molar refractivity (Wildman–Crippen MR) is 89.6 cm³/mol. The van der Waals surface area contributed by atoms with Gasteiger partial charge in [-0.15, -0.1) is 0 Å². The number of non-ortho nitro benzene ring substituents is 1. The van der Waals surface area contributed by atoms with Gasteiger partial charge in [0.15, 0.2) is 0 Å². The lowest BCUT2D eigenvalue weighted by atomic mass is 10.0. The van der Waals surface area contributed by atoms with Crippen molar-refractivity contribution in [1.29, 1.82) is 0 Å². The van der Waals surface area contributed by atoms with Gasteiger partial charge in [0.05, 0.1) is 11.3 Å². The molecule has 6 nitrogen and oxygen atoms in total. The molecule has 1 atom stereocenters. The molecule has 1 amide bonds. The van der Waals surface area contributed by atoms with Crippen LogP contribution in [0.3, 0.4) is 0 Å². The van der Waals surface area contributed by atoms with Crippen LogP contribution in [-0.4, -0.2) is 35.4 Å². The fourth-order valence-corrected chi connectivity index (χ4v) is 2.40. The van der Waals surface area contributed by atoms with Crippen LogP contribution in [0.2, 0.25) is 0 Å². The Hall–Kier alpha value is -1.47. The fraction of sp³-hybridized carbons (Fsp3) is 0.533. The first kappa shape index (κ1) is 18.6. The summed E-state index contributed by atoms with van der Waals surface area (Å²) in [5.41, 5.74) is 6.71. The number of benzene rings is 1. The molecular formula is C15H22BrN3O3. The number of nitrogens with two attached hydrogens (primary N) is 1. The fourth-order valence-electron chi connectivity index (χ4n) is 1.89.